The molecular formula is C15H22N2O2. The van der Waals surface area contributed by atoms with Crippen LogP contribution < -0.4 is 5.32 Å². The van der Waals surface area contributed by atoms with Crippen molar-refractivity contribution in [1.82, 2.24) is 10.2 Å². The van der Waals surface area contributed by atoms with Crippen LogP contribution in [0.15, 0.2) is 30.3 Å². The molecule has 1 rings (SSSR count). The van der Waals surface area contributed by atoms with Gasteiger partial charge in [0, 0.05) is 19.0 Å². The van der Waals surface area contributed by atoms with Crippen LogP contribution in [-0.4, -0.2) is 43.3 Å². The van der Waals surface area contributed by atoms with E-state index in [1.807, 2.05) is 42.2 Å². The van der Waals surface area contributed by atoms with E-state index >= 15 is 0 Å². The average molecular weight is 262 g/mol. The van der Waals surface area contributed by atoms with E-state index in [0.717, 1.165) is 25.1 Å². The van der Waals surface area contributed by atoms with Crippen molar-refractivity contribution in [3.63, 3.8) is 0 Å². The number of amides is 1. The number of hydrogen-bond acceptors (Lipinski definition) is 3. The molecule has 0 unspecified atom stereocenters. The summed E-state index contributed by atoms with van der Waals surface area (Å²) in [6, 6.07) is 9.32. The van der Waals surface area contributed by atoms with E-state index < -0.39 is 0 Å². The number of ketones is 1. The van der Waals surface area contributed by atoms with Crippen LogP contribution in [0.1, 0.15) is 30.1 Å². The quantitative estimate of drug-likeness (QED) is 0.726. The largest absolute Gasteiger partial charge is 0.358 e. The molecule has 19 heavy (non-hydrogen) atoms. The SMILES string of the molecule is CCN(CCCC(=O)c1ccccc1)CC(=O)NC. The first kappa shape index (κ1) is 15.4. The zero-order valence-corrected chi connectivity index (χ0v) is 11.7. The lowest BCUT2D eigenvalue weighted by Crippen LogP contribution is -2.36. The van der Waals surface area contributed by atoms with Crippen LogP contribution in [0.2, 0.25) is 0 Å². The summed E-state index contributed by atoms with van der Waals surface area (Å²) in [5.74, 6) is 0.174. The van der Waals surface area contributed by atoms with Crippen molar-refractivity contribution in [2.24, 2.45) is 0 Å². The fourth-order valence-corrected chi connectivity index (χ4v) is 1.86. The van der Waals surface area contributed by atoms with Crippen LogP contribution in [0.4, 0.5) is 0 Å². The molecule has 1 amide bonds. The summed E-state index contributed by atoms with van der Waals surface area (Å²) in [4.78, 5) is 25.2. The lowest BCUT2D eigenvalue weighted by molar-refractivity contribution is -0.121. The zero-order valence-electron chi connectivity index (χ0n) is 11.7. The molecule has 0 heterocycles. The van der Waals surface area contributed by atoms with E-state index in [9.17, 15) is 9.59 Å². The smallest absolute Gasteiger partial charge is 0.233 e. The molecule has 0 radical (unpaired) electrons. The fraction of sp³-hybridized carbons (Fsp3) is 0.467. The molecule has 0 saturated carbocycles. The molecule has 104 valence electrons. The number of benzene rings is 1. The first-order valence-corrected chi connectivity index (χ1v) is 6.68. The maximum absolute atomic E-state index is 11.9. The number of nitrogens with zero attached hydrogens (tertiary/aromatic N) is 1. The third-order valence-electron chi connectivity index (χ3n) is 3.07. The Hall–Kier alpha value is -1.68. The van der Waals surface area contributed by atoms with Gasteiger partial charge in [-0.1, -0.05) is 37.3 Å². The summed E-state index contributed by atoms with van der Waals surface area (Å²) >= 11 is 0. The number of likely N-dealkylation sites (N-methyl/N-ethyl adjacent to an activating group) is 2. The minimum atomic E-state index is 0.0104. The van der Waals surface area contributed by atoms with Crippen LogP contribution in [-0.2, 0) is 4.79 Å². The predicted molar refractivity (Wildman–Crippen MR) is 76.2 cm³/mol. The molecule has 0 spiro atoms. The second-order valence-electron chi connectivity index (χ2n) is 4.43. The molecule has 0 aliphatic rings. The maximum atomic E-state index is 11.9. The van der Waals surface area contributed by atoms with Crippen LogP contribution in [0, 0.1) is 0 Å². The Morgan fingerprint density at radius 1 is 1.21 bits per heavy atom. The molecule has 0 fully saturated rings. The molecule has 1 N–H and O–H groups in total. The number of carbonyl (C=O) groups is 2. The van der Waals surface area contributed by atoms with Gasteiger partial charge in [0.15, 0.2) is 5.78 Å². The molecule has 4 nitrogen and oxygen atoms in total. The topological polar surface area (TPSA) is 49.4 Å². The highest BCUT2D eigenvalue weighted by atomic mass is 16.2. The van der Waals surface area contributed by atoms with Gasteiger partial charge < -0.3 is 5.32 Å². The Balaban J connectivity index is 2.32. The summed E-state index contributed by atoms with van der Waals surface area (Å²) in [5, 5.41) is 2.61. The number of hydrogen-bond donors (Lipinski definition) is 1. The lowest BCUT2D eigenvalue weighted by Gasteiger charge is -2.18. The Morgan fingerprint density at radius 3 is 2.47 bits per heavy atom. The molecule has 0 aliphatic heterocycles. The van der Waals surface area contributed by atoms with E-state index in [-0.39, 0.29) is 11.7 Å². The lowest BCUT2D eigenvalue weighted by atomic mass is 10.1. The van der Waals surface area contributed by atoms with Crippen LogP contribution >= 0.6 is 0 Å². The third kappa shape index (κ3) is 5.66. The third-order valence-corrected chi connectivity index (χ3v) is 3.07. The van der Waals surface area contributed by atoms with E-state index in [2.05, 4.69) is 5.32 Å². The van der Waals surface area contributed by atoms with E-state index in [4.69, 9.17) is 0 Å². The Morgan fingerprint density at radius 2 is 1.89 bits per heavy atom. The van der Waals surface area contributed by atoms with Crippen LogP contribution in [0.5, 0.6) is 0 Å². The van der Waals surface area contributed by atoms with Crippen molar-refractivity contribution in [1.29, 1.82) is 0 Å². The van der Waals surface area contributed by atoms with Gasteiger partial charge in [0.1, 0.15) is 0 Å². The standard InChI is InChI=1S/C15H22N2O2/c1-3-17(12-15(19)16-2)11-7-10-14(18)13-8-5-4-6-9-13/h4-6,8-9H,3,7,10-12H2,1-2H3,(H,16,19). The highest BCUT2D eigenvalue weighted by Crippen LogP contribution is 2.05. The average Bonchev–Trinajstić information content (AvgIpc) is 2.46. The normalized spacial score (nSPS) is 10.5. The number of nitrogens with one attached hydrogen (secondary N) is 1. The van der Waals surface area contributed by atoms with Crippen molar-refractivity contribution in [2.45, 2.75) is 19.8 Å². The second-order valence-corrected chi connectivity index (χ2v) is 4.43. The van der Waals surface area contributed by atoms with Gasteiger partial charge in [0.2, 0.25) is 5.91 Å². The van der Waals surface area contributed by atoms with Gasteiger partial charge in [-0.25, -0.2) is 0 Å². The van der Waals surface area contributed by atoms with Crippen molar-refractivity contribution in [3.05, 3.63) is 35.9 Å². The minimum absolute atomic E-state index is 0.0104. The highest BCUT2D eigenvalue weighted by Gasteiger charge is 2.09. The first-order chi connectivity index (χ1) is 9.17. The summed E-state index contributed by atoms with van der Waals surface area (Å²) < 4.78 is 0. The van der Waals surface area contributed by atoms with Crippen molar-refractivity contribution < 1.29 is 9.59 Å². The van der Waals surface area contributed by atoms with E-state index in [1.165, 1.54) is 0 Å². The van der Waals surface area contributed by atoms with Crippen molar-refractivity contribution >= 4 is 11.7 Å². The second kappa shape index (κ2) is 8.43. The van der Waals surface area contributed by atoms with Gasteiger partial charge >= 0.3 is 0 Å². The minimum Gasteiger partial charge on any atom is -0.358 e. The first-order valence-electron chi connectivity index (χ1n) is 6.68. The molecule has 0 atom stereocenters. The van der Waals surface area contributed by atoms with Crippen LogP contribution in [0.25, 0.3) is 0 Å². The number of Topliss-reactive ketones (excluding diaryl/α,β-unsaturated/α-hetero) is 1. The molecule has 4 heteroatoms. The Kier molecular flexibility index (Phi) is 6.82. The van der Waals surface area contributed by atoms with E-state index in [0.29, 0.717) is 13.0 Å². The number of carbonyl (C=O) groups excluding carboxylic acids is 2. The predicted octanol–water partition coefficient (Wildman–Crippen LogP) is 1.72. The highest BCUT2D eigenvalue weighted by molar-refractivity contribution is 5.95. The maximum Gasteiger partial charge on any atom is 0.233 e. The summed E-state index contributed by atoms with van der Waals surface area (Å²) in [6.45, 7) is 3.99. The van der Waals surface area contributed by atoms with Crippen molar-refractivity contribution in [2.75, 3.05) is 26.7 Å². The van der Waals surface area contributed by atoms with Crippen LogP contribution in [0.3, 0.4) is 0 Å². The zero-order chi connectivity index (χ0) is 14.1. The van der Waals surface area contributed by atoms with Gasteiger partial charge in [-0.15, -0.1) is 0 Å². The molecule has 1 aromatic rings. The molecular weight excluding hydrogens is 240 g/mol. The monoisotopic (exact) mass is 262 g/mol. The van der Waals surface area contributed by atoms with E-state index in [1.54, 1.807) is 7.05 Å². The molecule has 1 aromatic carbocycles. The summed E-state index contributed by atoms with van der Waals surface area (Å²) in [6.07, 6.45) is 1.30. The van der Waals surface area contributed by atoms with Gasteiger partial charge in [0.05, 0.1) is 6.54 Å². The fourth-order valence-electron chi connectivity index (χ4n) is 1.86. The molecule has 0 saturated heterocycles. The van der Waals surface area contributed by atoms with Gasteiger partial charge in [0.25, 0.3) is 0 Å². The molecule has 0 aliphatic carbocycles. The van der Waals surface area contributed by atoms with Gasteiger partial charge in [-0.3, -0.25) is 14.5 Å². The summed E-state index contributed by atoms with van der Waals surface area (Å²) in [5.41, 5.74) is 0.761. The number of rotatable bonds is 8. The molecule has 0 bridgehead atoms. The van der Waals surface area contributed by atoms with Gasteiger partial charge in [-0.05, 0) is 19.5 Å². The Labute approximate surface area is 114 Å². The Bertz CT molecular complexity index is 404. The molecule has 0 aromatic heterocycles. The summed E-state index contributed by atoms with van der Waals surface area (Å²) in [7, 11) is 1.63. The van der Waals surface area contributed by atoms with Gasteiger partial charge in [-0.2, -0.15) is 0 Å². The van der Waals surface area contributed by atoms with Crippen molar-refractivity contribution in [3.8, 4) is 0 Å².